The number of hydrogen-bond donors (Lipinski definition) is 1. The normalized spacial score (nSPS) is 10.4. The van der Waals surface area contributed by atoms with E-state index in [1.165, 1.54) is 31.2 Å². The Morgan fingerprint density at radius 3 is 2.48 bits per heavy atom. The third-order valence-corrected chi connectivity index (χ3v) is 5.35. The van der Waals surface area contributed by atoms with Crippen LogP contribution in [0.2, 0.25) is 0 Å². The number of hydrogen-bond acceptors (Lipinski definition) is 7. The Hall–Kier alpha value is -3.52. The van der Waals surface area contributed by atoms with Crippen molar-refractivity contribution in [3.63, 3.8) is 0 Å². The van der Waals surface area contributed by atoms with Crippen molar-refractivity contribution < 1.29 is 28.3 Å². The lowest BCUT2D eigenvalue weighted by Crippen LogP contribution is -2.14. The number of furan rings is 1. The molecule has 0 fully saturated rings. The van der Waals surface area contributed by atoms with Gasteiger partial charge in [-0.05, 0) is 37.3 Å². The highest BCUT2D eigenvalue weighted by Gasteiger charge is 2.19. The molecule has 2 aromatic carbocycles. The van der Waals surface area contributed by atoms with Crippen LogP contribution in [0.5, 0.6) is 0 Å². The summed E-state index contributed by atoms with van der Waals surface area (Å²) >= 11 is 1.24. The highest BCUT2D eigenvalue weighted by molar-refractivity contribution is 8.00. The van der Waals surface area contributed by atoms with Gasteiger partial charge in [0, 0.05) is 16.1 Å². The number of benzene rings is 2. The Morgan fingerprint density at radius 1 is 1.00 bits per heavy atom. The van der Waals surface area contributed by atoms with Crippen molar-refractivity contribution in [3.05, 3.63) is 83.3 Å². The number of thioether (sulfide) groups is 1. The van der Waals surface area contributed by atoms with Gasteiger partial charge in [0.15, 0.2) is 0 Å². The number of amides is 1. The van der Waals surface area contributed by atoms with Crippen LogP contribution in [0.3, 0.4) is 0 Å². The van der Waals surface area contributed by atoms with Gasteiger partial charge in [-0.2, -0.15) is 0 Å². The van der Waals surface area contributed by atoms with Crippen LogP contribution in [0.1, 0.15) is 32.0 Å². The number of anilines is 1. The first-order valence-electron chi connectivity index (χ1n) is 9.38. The van der Waals surface area contributed by atoms with Crippen LogP contribution >= 0.6 is 11.8 Å². The fourth-order valence-electron chi connectivity index (χ4n) is 2.68. The first kappa shape index (κ1) is 22.2. The van der Waals surface area contributed by atoms with Crippen molar-refractivity contribution in [2.75, 3.05) is 18.2 Å². The average Bonchev–Trinajstić information content (AvgIpc) is 3.26. The van der Waals surface area contributed by atoms with E-state index in [9.17, 15) is 14.4 Å². The summed E-state index contributed by atoms with van der Waals surface area (Å²) in [5, 5.41) is 2.82. The van der Waals surface area contributed by atoms with Gasteiger partial charge in [0.2, 0.25) is 11.7 Å². The summed E-state index contributed by atoms with van der Waals surface area (Å²) in [7, 11) is 1.24. The minimum Gasteiger partial charge on any atom is -0.463 e. The molecule has 7 nitrogen and oxygen atoms in total. The molecule has 0 saturated heterocycles. The Balaban J connectivity index is 1.60. The second-order valence-corrected chi connectivity index (χ2v) is 7.56. The predicted molar refractivity (Wildman–Crippen MR) is 116 cm³/mol. The number of carbonyl (C=O) groups is 3. The van der Waals surface area contributed by atoms with Crippen molar-refractivity contribution in [1.82, 2.24) is 0 Å². The summed E-state index contributed by atoms with van der Waals surface area (Å²) in [5.41, 5.74) is 2.56. The van der Waals surface area contributed by atoms with Crippen LogP contribution in [0, 0.1) is 6.92 Å². The standard InChI is InChI=1S/C23H21NO6S/c1-15-7-9-17(10-8-15)24-20(25)14-31-19-6-4-3-5-18(19)22(26)30-13-16-11-12-29-21(16)23(27)28-2/h3-12H,13-14H2,1-2H3,(H,24,25). The summed E-state index contributed by atoms with van der Waals surface area (Å²) in [6.07, 6.45) is 1.33. The van der Waals surface area contributed by atoms with Crippen molar-refractivity contribution in [1.29, 1.82) is 0 Å². The zero-order valence-electron chi connectivity index (χ0n) is 17.0. The SMILES string of the molecule is COC(=O)c1occc1COC(=O)c1ccccc1SCC(=O)Nc1ccc(C)cc1. The minimum atomic E-state index is -0.647. The summed E-state index contributed by atoms with van der Waals surface area (Å²) in [5.74, 6) is -1.28. The zero-order chi connectivity index (χ0) is 22.2. The van der Waals surface area contributed by atoms with E-state index in [-0.39, 0.29) is 24.0 Å². The summed E-state index contributed by atoms with van der Waals surface area (Å²) in [6.45, 7) is 1.83. The van der Waals surface area contributed by atoms with Crippen LogP contribution in [0.25, 0.3) is 0 Å². The topological polar surface area (TPSA) is 94.8 Å². The molecule has 3 aromatic rings. The van der Waals surface area contributed by atoms with Crippen molar-refractivity contribution in [2.24, 2.45) is 0 Å². The lowest BCUT2D eigenvalue weighted by molar-refractivity contribution is -0.113. The van der Waals surface area contributed by atoms with Gasteiger partial charge in [0.25, 0.3) is 0 Å². The number of carbonyl (C=O) groups excluding carboxylic acids is 3. The van der Waals surface area contributed by atoms with Crippen molar-refractivity contribution >= 4 is 35.3 Å². The average molecular weight is 439 g/mol. The molecular formula is C23H21NO6S. The summed E-state index contributed by atoms with van der Waals surface area (Å²) < 4.78 is 15.1. The van der Waals surface area contributed by atoms with E-state index in [0.717, 1.165) is 5.56 Å². The largest absolute Gasteiger partial charge is 0.463 e. The molecule has 8 heteroatoms. The second-order valence-electron chi connectivity index (χ2n) is 6.54. The van der Waals surface area contributed by atoms with Gasteiger partial charge in [-0.1, -0.05) is 29.8 Å². The predicted octanol–water partition coefficient (Wildman–Crippen LogP) is 4.46. The first-order valence-corrected chi connectivity index (χ1v) is 10.4. The van der Waals surface area contributed by atoms with E-state index in [1.54, 1.807) is 24.3 Å². The van der Waals surface area contributed by atoms with Gasteiger partial charge in [0.05, 0.1) is 24.7 Å². The van der Waals surface area contributed by atoms with Crippen LogP contribution in [0.15, 0.2) is 70.2 Å². The molecule has 0 saturated carbocycles. The number of ether oxygens (including phenoxy) is 2. The summed E-state index contributed by atoms with van der Waals surface area (Å²) in [6, 6.07) is 15.9. The van der Waals surface area contributed by atoms with Crippen LogP contribution < -0.4 is 5.32 Å². The minimum absolute atomic E-state index is 0.00858. The number of methoxy groups -OCH3 is 1. The fourth-order valence-corrected chi connectivity index (χ4v) is 3.52. The molecular weight excluding hydrogens is 418 g/mol. The molecule has 1 amide bonds. The number of nitrogens with one attached hydrogen (secondary N) is 1. The van der Waals surface area contributed by atoms with Gasteiger partial charge in [0.1, 0.15) is 6.61 Å². The Morgan fingerprint density at radius 2 is 1.74 bits per heavy atom. The smallest absolute Gasteiger partial charge is 0.374 e. The van der Waals surface area contributed by atoms with E-state index < -0.39 is 11.9 Å². The van der Waals surface area contributed by atoms with Gasteiger partial charge in [-0.15, -0.1) is 11.8 Å². The highest BCUT2D eigenvalue weighted by atomic mass is 32.2. The maximum absolute atomic E-state index is 12.6. The maximum atomic E-state index is 12.6. The van der Waals surface area contributed by atoms with Crippen LogP contribution in [-0.4, -0.2) is 30.7 Å². The molecule has 1 aromatic heterocycles. The molecule has 0 aliphatic heterocycles. The molecule has 1 N–H and O–H groups in total. The van der Waals surface area contributed by atoms with Crippen LogP contribution in [0.4, 0.5) is 5.69 Å². The number of aryl methyl sites for hydroxylation is 1. The number of esters is 2. The third kappa shape index (κ3) is 5.99. The van der Waals surface area contributed by atoms with Gasteiger partial charge in [-0.25, -0.2) is 9.59 Å². The fraction of sp³-hybridized carbons (Fsp3) is 0.174. The quantitative estimate of drug-likeness (QED) is 0.409. The molecule has 0 spiro atoms. The van der Waals surface area contributed by atoms with E-state index in [2.05, 4.69) is 10.1 Å². The monoisotopic (exact) mass is 439 g/mol. The second kappa shape index (κ2) is 10.5. The number of rotatable bonds is 8. The van der Waals surface area contributed by atoms with Crippen molar-refractivity contribution in [2.45, 2.75) is 18.4 Å². The van der Waals surface area contributed by atoms with E-state index in [4.69, 9.17) is 9.15 Å². The maximum Gasteiger partial charge on any atom is 0.374 e. The third-order valence-electron chi connectivity index (χ3n) is 4.28. The molecule has 0 aliphatic carbocycles. The molecule has 31 heavy (non-hydrogen) atoms. The Labute approximate surface area is 183 Å². The molecule has 1 heterocycles. The van der Waals surface area contributed by atoms with Gasteiger partial charge < -0.3 is 19.2 Å². The molecule has 3 rings (SSSR count). The van der Waals surface area contributed by atoms with Crippen LogP contribution in [-0.2, 0) is 20.9 Å². The van der Waals surface area contributed by atoms with Gasteiger partial charge in [-0.3, -0.25) is 4.79 Å². The highest BCUT2D eigenvalue weighted by Crippen LogP contribution is 2.24. The zero-order valence-corrected chi connectivity index (χ0v) is 17.9. The molecule has 0 bridgehead atoms. The van der Waals surface area contributed by atoms with E-state index >= 15 is 0 Å². The van der Waals surface area contributed by atoms with E-state index in [1.807, 2.05) is 31.2 Å². The Kier molecular flexibility index (Phi) is 7.50. The molecule has 0 unspecified atom stereocenters. The molecule has 160 valence electrons. The first-order chi connectivity index (χ1) is 15.0. The lowest BCUT2D eigenvalue weighted by Gasteiger charge is -2.10. The lowest BCUT2D eigenvalue weighted by atomic mass is 10.2. The van der Waals surface area contributed by atoms with E-state index in [0.29, 0.717) is 21.7 Å². The van der Waals surface area contributed by atoms with Crippen molar-refractivity contribution in [3.8, 4) is 0 Å². The molecule has 0 atom stereocenters. The molecule has 0 radical (unpaired) electrons. The molecule has 0 aliphatic rings. The van der Waals surface area contributed by atoms with Gasteiger partial charge >= 0.3 is 11.9 Å². The summed E-state index contributed by atoms with van der Waals surface area (Å²) in [4.78, 5) is 37.1. The Bertz CT molecular complexity index is 1070.